The van der Waals surface area contributed by atoms with Gasteiger partial charge in [0.25, 0.3) is 5.56 Å². The van der Waals surface area contributed by atoms with Crippen LogP contribution in [0.25, 0.3) is 10.9 Å². The number of likely N-dealkylation sites (N-methyl/N-ethyl adjacent to an activating group) is 1. The zero-order valence-corrected chi connectivity index (χ0v) is 18.7. The number of hydrogen-bond donors (Lipinski definition) is 1. The lowest BCUT2D eigenvalue weighted by atomic mass is 9.97. The first kappa shape index (κ1) is 23.0. The van der Waals surface area contributed by atoms with E-state index >= 15 is 0 Å². The number of H-pyrrole nitrogens is 1. The van der Waals surface area contributed by atoms with Gasteiger partial charge in [0.15, 0.2) is 6.29 Å². The molecule has 0 amide bonds. The number of fused-ring (bicyclic) bond motifs is 1. The van der Waals surface area contributed by atoms with Crippen LogP contribution in [0.5, 0.6) is 0 Å². The number of aromatic nitrogens is 3. The molecular formula is C24H27F2N5O2. The van der Waals surface area contributed by atoms with E-state index in [1.807, 2.05) is 11.0 Å². The molecule has 4 heterocycles. The van der Waals surface area contributed by atoms with E-state index < -0.39 is 11.8 Å². The summed E-state index contributed by atoms with van der Waals surface area (Å²) in [5.74, 6) is -1.06. The second kappa shape index (κ2) is 9.74. The van der Waals surface area contributed by atoms with Gasteiger partial charge < -0.3 is 14.8 Å². The van der Waals surface area contributed by atoms with Gasteiger partial charge in [0.05, 0.1) is 22.8 Å². The molecule has 174 valence electrons. The molecule has 0 bridgehead atoms. The molecule has 0 saturated carbocycles. The van der Waals surface area contributed by atoms with Crippen LogP contribution in [0.4, 0.5) is 14.5 Å². The predicted molar refractivity (Wildman–Crippen MR) is 123 cm³/mol. The van der Waals surface area contributed by atoms with Gasteiger partial charge in [-0.15, -0.1) is 0 Å². The number of carbonyl (C=O) groups is 1. The summed E-state index contributed by atoms with van der Waals surface area (Å²) in [7, 11) is 2.07. The van der Waals surface area contributed by atoms with Crippen molar-refractivity contribution in [1.29, 1.82) is 0 Å². The van der Waals surface area contributed by atoms with Gasteiger partial charge in [0.2, 0.25) is 5.95 Å². The standard InChI is InChI=1S/C24H27F2N5O2/c1-3-15(20-11-21-19(24(33)29-20)10-16(25)12-27-21)13-30(2)18-6-8-31(9-7-18)22-5-4-17(14-32)28-23(22)26/h4-5,10-12,14-15,18H,3,6-9,13H2,1-2H3,(H,29,33). The molecule has 33 heavy (non-hydrogen) atoms. The molecule has 1 unspecified atom stereocenters. The van der Waals surface area contributed by atoms with Crippen molar-refractivity contribution in [3.63, 3.8) is 0 Å². The first-order valence-electron chi connectivity index (χ1n) is 11.1. The van der Waals surface area contributed by atoms with Crippen molar-refractivity contribution in [3.05, 3.63) is 64.0 Å². The third-order valence-electron chi connectivity index (χ3n) is 6.52. The van der Waals surface area contributed by atoms with Gasteiger partial charge in [0, 0.05) is 37.3 Å². The van der Waals surface area contributed by atoms with E-state index in [1.54, 1.807) is 6.07 Å². The molecular weight excluding hydrogens is 428 g/mol. The fraction of sp³-hybridized carbons (Fsp3) is 0.417. The Morgan fingerprint density at radius 3 is 2.70 bits per heavy atom. The number of aromatic amines is 1. The first-order valence-corrected chi connectivity index (χ1v) is 11.1. The molecule has 0 radical (unpaired) electrons. The minimum absolute atomic E-state index is 0.0866. The average Bonchev–Trinajstić information content (AvgIpc) is 2.82. The zero-order valence-electron chi connectivity index (χ0n) is 18.7. The van der Waals surface area contributed by atoms with Crippen LogP contribution < -0.4 is 10.5 Å². The van der Waals surface area contributed by atoms with Gasteiger partial charge in [-0.05, 0) is 50.6 Å². The molecule has 3 aromatic heterocycles. The van der Waals surface area contributed by atoms with Crippen LogP contribution in [0.15, 0.2) is 35.3 Å². The molecule has 9 heteroatoms. The van der Waals surface area contributed by atoms with Crippen molar-refractivity contribution in [1.82, 2.24) is 19.9 Å². The Bertz CT molecular complexity index is 1210. The third-order valence-corrected chi connectivity index (χ3v) is 6.52. The van der Waals surface area contributed by atoms with Crippen LogP contribution in [0.3, 0.4) is 0 Å². The maximum Gasteiger partial charge on any atom is 0.257 e. The van der Waals surface area contributed by atoms with Crippen molar-refractivity contribution >= 4 is 22.9 Å². The quantitative estimate of drug-likeness (QED) is 0.434. The average molecular weight is 456 g/mol. The van der Waals surface area contributed by atoms with Gasteiger partial charge in [-0.25, -0.2) is 9.37 Å². The van der Waals surface area contributed by atoms with E-state index in [0.29, 0.717) is 36.6 Å². The van der Waals surface area contributed by atoms with E-state index in [2.05, 4.69) is 33.8 Å². The van der Waals surface area contributed by atoms with E-state index in [9.17, 15) is 18.4 Å². The van der Waals surface area contributed by atoms with Gasteiger partial charge in [0.1, 0.15) is 11.5 Å². The molecule has 1 aliphatic rings. The number of rotatable bonds is 7. The Morgan fingerprint density at radius 2 is 2.03 bits per heavy atom. The Labute approximate surface area is 190 Å². The SMILES string of the molecule is CCC(CN(C)C1CCN(c2ccc(C=O)nc2F)CC1)c1cc2ncc(F)cc2c(=O)[nH]1. The van der Waals surface area contributed by atoms with Crippen molar-refractivity contribution < 1.29 is 13.6 Å². The van der Waals surface area contributed by atoms with Crippen LogP contribution in [0.1, 0.15) is 48.3 Å². The summed E-state index contributed by atoms with van der Waals surface area (Å²) in [6.07, 6.45) is 4.20. The van der Waals surface area contributed by atoms with Gasteiger partial charge >= 0.3 is 0 Å². The third kappa shape index (κ3) is 4.93. The molecule has 1 fully saturated rings. The maximum absolute atomic E-state index is 14.3. The summed E-state index contributed by atoms with van der Waals surface area (Å²) >= 11 is 0. The summed E-state index contributed by atoms with van der Waals surface area (Å²) in [6.45, 7) is 4.19. The predicted octanol–water partition coefficient (Wildman–Crippen LogP) is 3.50. The maximum atomic E-state index is 14.3. The fourth-order valence-electron chi connectivity index (χ4n) is 4.58. The highest BCUT2D eigenvalue weighted by atomic mass is 19.1. The number of hydrogen-bond acceptors (Lipinski definition) is 6. The van der Waals surface area contributed by atoms with Gasteiger partial charge in [-0.3, -0.25) is 14.6 Å². The van der Waals surface area contributed by atoms with Crippen LogP contribution >= 0.6 is 0 Å². The smallest absolute Gasteiger partial charge is 0.257 e. The van der Waals surface area contributed by atoms with Crippen molar-refractivity contribution in [2.75, 3.05) is 31.6 Å². The first-order chi connectivity index (χ1) is 15.9. The molecule has 0 spiro atoms. The van der Waals surface area contributed by atoms with Crippen LogP contribution in [-0.2, 0) is 0 Å². The number of nitrogens with zero attached hydrogens (tertiary/aromatic N) is 4. The summed E-state index contributed by atoms with van der Waals surface area (Å²) in [5, 5.41) is 0.247. The molecule has 3 aromatic rings. The van der Waals surface area contributed by atoms with Crippen LogP contribution in [0, 0.1) is 11.8 Å². The second-order valence-corrected chi connectivity index (χ2v) is 8.57. The lowest BCUT2D eigenvalue weighted by Gasteiger charge is -2.38. The van der Waals surface area contributed by atoms with E-state index in [1.165, 1.54) is 12.1 Å². The van der Waals surface area contributed by atoms with Gasteiger partial charge in [-0.2, -0.15) is 4.39 Å². The van der Waals surface area contributed by atoms with E-state index in [0.717, 1.165) is 37.7 Å². The van der Waals surface area contributed by atoms with Crippen molar-refractivity contribution in [2.24, 2.45) is 0 Å². The number of piperidine rings is 1. The number of halogens is 2. The Morgan fingerprint density at radius 1 is 1.27 bits per heavy atom. The van der Waals surface area contributed by atoms with E-state index in [-0.39, 0.29) is 22.6 Å². The fourth-order valence-corrected chi connectivity index (χ4v) is 4.58. The topological polar surface area (TPSA) is 82.2 Å². The number of aldehydes is 1. The molecule has 7 nitrogen and oxygen atoms in total. The van der Waals surface area contributed by atoms with Crippen molar-refractivity contribution in [2.45, 2.75) is 38.1 Å². The lowest BCUT2D eigenvalue weighted by Crippen LogP contribution is -2.45. The van der Waals surface area contributed by atoms with Crippen LogP contribution in [0.2, 0.25) is 0 Å². The highest BCUT2D eigenvalue weighted by Gasteiger charge is 2.26. The Kier molecular flexibility index (Phi) is 6.78. The summed E-state index contributed by atoms with van der Waals surface area (Å²) in [5.41, 5.74) is 1.46. The zero-order chi connectivity index (χ0) is 23.5. The molecule has 4 rings (SSSR count). The summed E-state index contributed by atoms with van der Waals surface area (Å²) < 4.78 is 27.7. The normalized spacial score (nSPS) is 15.8. The number of anilines is 1. The molecule has 1 aliphatic heterocycles. The number of nitrogens with one attached hydrogen (secondary N) is 1. The van der Waals surface area contributed by atoms with E-state index in [4.69, 9.17) is 0 Å². The Balaban J connectivity index is 1.42. The Hall–Kier alpha value is -3.20. The minimum atomic E-state index is -0.619. The summed E-state index contributed by atoms with van der Waals surface area (Å²) in [4.78, 5) is 38.2. The minimum Gasteiger partial charge on any atom is -0.368 e. The molecule has 1 N–H and O–H groups in total. The number of pyridine rings is 3. The summed E-state index contributed by atoms with van der Waals surface area (Å²) in [6, 6.07) is 6.50. The van der Waals surface area contributed by atoms with Gasteiger partial charge in [-0.1, -0.05) is 6.92 Å². The lowest BCUT2D eigenvalue weighted by molar-refractivity contribution is 0.111. The second-order valence-electron chi connectivity index (χ2n) is 8.57. The highest BCUT2D eigenvalue weighted by Crippen LogP contribution is 2.26. The molecule has 1 atom stereocenters. The molecule has 0 aromatic carbocycles. The molecule has 0 aliphatic carbocycles. The molecule has 1 saturated heterocycles. The number of carbonyl (C=O) groups excluding carboxylic acids is 1. The largest absolute Gasteiger partial charge is 0.368 e. The monoisotopic (exact) mass is 455 g/mol. The van der Waals surface area contributed by atoms with Crippen molar-refractivity contribution in [3.8, 4) is 0 Å². The van der Waals surface area contributed by atoms with Crippen LogP contribution in [-0.4, -0.2) is 58.9 Å². The highest BCUT2D eigenvalue weighted by molar-refractivity contribution is 5.77.